The molecule has 6 heteroatoms. The van der Waals surface area contributed by atoms with Crippen LogP contribution in [0.15, 0.2) is 64.5 Å². The number of hydrogen-bond donors (Lipinski definition) is 2. The summed E-state index contributed by atoms with van der Waals surface area (Å²) in [6.07, 6.45) is 1.51. The molecular weight excluding hydrogens is 280 g/mol. The Hall–Kier alpha value is -3.28. The SMILES string of the molecule is O=C(NN=Cc1ccccc1)c1nc2ccccc2c(=O)[nH]1. The minimum Gasteiger partial charge on any atom is -0.302 e. The minimum absolute atomic E-state index is 0.0751. The first-order valence-electron chi connectivity index (χ1n) is 6.61. The number of hydrazone groups is 1. The number of rotatable bonds is 3. The van der Waals surface area contributed by atoms with Crippen molar-refractivity contribution in [1.29, 1.82) is 0 Å². The molecular formula is C16H12N4O2. The van der Waals surface area contributed by atoms with Gasteiger partial charge in [-0.25, -0.2) is 10.4 Å². The topological polar surface area (TPSA) is 87.2 Å². The van der Waals surface area contributed by atoms with Crippen LogP contribution in [0.5, 0.6) is 0 Å². The lowest BCUT2D eigenvalue weighted by molar-refractivity contribution is 0.0945. The zero-order valence-electron chi connectivity index (χ0n) is 11.5. The highest BCUT2D eigenvalue weighted by Crippen LogP contribution is 2.05. The van der Waals surface area contributed by atoms with E-state index in [1.54, 1.807) is 24.3 Å². The van der Waals surface area contributed by atoms with E-state index in [1.807, 2.05) is 30.3 Å². The Balaban J connectivity index is 1.81. The van der Waals surface area contributed by atoms with Crippen LogP contribution >= 0.6 is 0 Å². The van der Waals surface area contributed by atoms with Crippen LogP contribution in [0.4, 0.5) is 0 Å². The summed E-state index contributed by atoms with van der Waals surface area (Å²) in [6.45, 7) is 0. The Kier molecular flexibility index (Phi) is 3.74. The number of benzene rings is 2. The summed E-state index contributed by atoms with van der Waals surface area (Å²) >= 11 is 0. The Morgan fingerprint density at radius 1 is 1.09 bits per heavy atom. The van der Waals surface area contributed by atoms with Gasteiger partial charge in [0.25, 0.3) is 5.56 Å². The largest absolute Gasteiger partial charge is 0.307 e. The summed E-state index contributed by atoms with van der Waals surface area (Å²) in [6, 6.07) is 16.1. The van der Waals surface area contributed by atoms with E-state index >= 15 is 0 Å². The molecule has 0 radical (unpaired) electrons. The zero-order chi connectivity index (χ0) is 15.4. The van der Waals surface area contributed by atoms with Crippen molar-refractivity contribution < 1.29 is 4.79 Å². The second-order valence-electron chi connectivity index (χ2n) is 4.54. The van der Waals surface area contributed by atoms with Gasteiger partial charge in [0.15, 0.2) is 0 Å². The smallest absolute Gasteiger partial charge is 0.302 e. The van der Waals surface area contributed by atoms with Crippen molar-refractivity contribution >= 4 is 23.0 Å². The van der Waals surface area contributed by atoms with Crippen LogP contribution in [0.2, 0.25) is 0 Å². The molecule has 22 heavy (non-hydrogen) atoms. The monoisotopic (exact) mass is 292 g/mol. The summed E-state index contributed by atoms with van der Waals surface area (Å²) < 4.78 is 0. The second-order valence-corrected chi connectivity index (χ2v) is 4.54. The minimum atomic E-state index is -0.574. The second kappa shape index (κ2) is 6.01. The first kappa shape index (κ1) is 13.7. The highest BCUT2D eigenvalue weighted by molar-refractivity contribution is 5.93. The number of hydrogen-bond acceptors (Lipinski definition) is 4. The van der Waals surface area contributed by atoms with Gasteiger partial charge in [-0.2, -0.15) is 5.10 Å². The number of H-pyrrole nitrogens is 1. The van der Waals surface area contributed by atoms with Crippen molar-refractivity contribution in [3.63, 3.8) is 0 Å². The van der Waals surface area contributed by atoms with E-state index < -0.39 is 5.91 Å². The van der Waals surface area contributed by atoms with Gasteiger partial charge in [-0.3, -0.25) is 9.59 Å². The van der Waals surface area contributed by atoms with Crippen LogP contribution in [-0.2, 0) is 0 Å². The van der Waals surface area contributed by atoms with Gasteiger partial charge in [0.1, 0.15) is 0 Å². The van der Waals surface area contributed by atoms with Gasteiger partial charge in [-0.05, 0) is 17.7 Å². The quantitative estimate of drug-likeness (QED) is 0.569. The van der Waals surface area contributed by atoms with Gasteiger partial charge in [-0.15, -0.1) is 0 Å². The number of carbonyl (C=O) groups is 1. The summed E-state index contributed by atoms with van der Waals surface area (Å²) in [5.41, 5.74) is 3.29. The maximum Gasteiger partial charge on any atom is 0.307 e. The molecule has 108 valence electrons. The Labute approximate surface area is 125 Å². The molecule has 0 aliphatic carbocycles. The van der Waals surface area contributed by atoms with Crippen molar-refractivity contribution in [3.8, 4) is 0 Å². The van der Waals surface area contributed by atoms with E-state index in [0.717, 1.165) is 5.56 Å². The maximum absolute atomic E-state index is 12.0. The highest BCUT2D eigenvalue weighted by atomic mass is 16.2. The first-order chi connectivity index (χ1) is 10.7. The molecule has 0 spiro atoms. The van der Waals surface area contributed by atoms with E-state index in [4.69, 9.17) is 0 Å². The van der Waals surface area contributed by atoms with Crippen LogP contribution in [0.25, 0.3) is 10.9 Å². The van der Waals surface area contributed by atoms with E-state index in [2.05, 4.69) is 20.5 Å². The molecule has 2 N–H and O–H groups in total. The first-order valence-corrected chi connectivity index (χ1v) is 6.61. The van der Waals surface area contributed by atoms with Gasteiger partial charge in [0, 0.05) is 0 Å². The van der Waals surface area contributed by atoms with Crippen molar-refractivity contribution in [2.24, 2.45) is 5.10 Å². The Morgan fingerprint density at radius 3 is 2.64 bits per heavy atom. The Morgan fingerprint density at radius 2 is 1.82 bits per heavy atom. The van der Waals surface area contributed by atoms with Gasteiger partial charge in [0.05, 0.1) is 17.1 Å². The predicted molar refractivity (Wildman–Crippen MR) is 83.9 cm³/mol. The van der Waals surface area contributed by atoms with Crippen molar-refractivity contribution in [1.82, 2.24) is 15.4 Å². The number of nitrogens with zero attached hydrogens (tertiary/aromatic N) is 2. The molecule has 0 saturated carbocycles. The van der Waals surface area contributed by atoms with Crippen LogP contribution in [-0.4, -0.2) is 22.1 Å². The average molecular weight is 292 g/mol. The van der Waals surface area contributed by atoms with Gasteiger partial charge in [-0.1, -0.05) is 42.5 Å². The van der Waals surface area contributed by atoms with Crippen LogP contribution in [0, 0.1) is 0 Å². The third-order valence-corrected chi connectivity index (χ3v) is 3.01. The van der Waals surface area contributed by atoms with Crippen LogP contribution < -0.4 is 11.0 Å². The number of carbonyl (C=O) groups excluding carboxylic acids is 1. The van der Waals surface area contributed by atoms with Crippen LogP contribution in [0.3, 0.4) is 0 Å². The molecule has 0 saturated heterocycles. The van der Waals surface area contributed by atoms with E-state index in [9.17, 15) is 9.59 Å². The number of aromatic amines is 1. The lowest BCUT2D eigenvalue weighted by Crippen LogP contribution is -2.24. The fourth-order valence-corrected chi connectivity index (χ4v) is 1.95. The number of aromatic nitrogens is 2. The number of nitrogens with one attached hydrogen (secondary N) is 2. The lowest BCUT2D eigenvalue weighted by Gasteiger charge is -2.01. The standard InChI is InChI=1S/C16H12N4O2/c21-15-12-8-4-5-9-13(12)18-14(19-15)16(22)20-17-10-11-6-2-1-3-7-11/h1-10H,(H,20,22)(H,18,19,21). The van der Waals surface area contributed by atoms with Gasteiger partial charge < -0.3 is 4.98 Å². The number of fused-ring (bicyclic) bond motifs is 1. The molecule has 6 nitrogen and oxygen atoms in total. The van der Waals surface area contributed by atoms with Gasteiger partial charge in [0.2, 0.25) is 5.82 Å². The predicted octanol–water partition coefficient (Wildman–Crippen LogP) is 1.69. The fraction of sp³-hybridized carbons (Fsp3) is 0. The highest BCUT2D eigenvalue weighted by Gasteiger charge is 2.10. The molecule has 3 rings (SSSR count). The number of amides is 1. The fourth-order valence-electron chi connectivity index (χ4n) is 1.95. The molecule has 0 atom stereocenters. The van der Waals surface area contributed by atoms with Crippen LogP contribution in [0.1, 0.15) is 16.2 Å². The summed E-state index contributed by atoms with van der Waals surface area (Å²) in [4.78, 5) is 30.4. The molecule has 2 aromatic carbocycles. The third kappa shape index (κ3) is 2.90. The zero-order valence-corrected chi connectivity index (χ0v) is 11.5. The summed E-state index contributed by atoms with van der Waals surface area (Å²) in [5.74, 6) is -0.649. The van der Waals surface area contributed by atoms with E-state index in [0.29, 0.717) is 10.9 Å². The number of para-hydroxylation sites is 1. The average Bonchev–Trinajstić information content (AvgIpc) is 2.56. The van der Waals surface area contributed by atoms with E-state index in [1.165, 1.54) is 6.21 Å². The third-order valence-electron chi connectivity index (χ3n) is 3.01. The summed E-state index contributed by atoms with van der Waals surface area (Å²) in [5, 5.41) is 4.28. The molecule has 0 fully saturated rings. The van der Waals surface area contributed by atoms with Crippen molar-refractivity contribution in [2.75, 3.05) is 0 Å². The molecule has 0 unspecified atom stereocenters. The molecule has 0 bridgehead atoms. The van der Waals surface area contributed by atoms with Gasteiger partial charge >= 0.3 is 5.91 Å². The maximum atomic E-state index is 12.0. The summed E-state index contributed by atoms with van der Waals surface area (Å²) in [7, 11) is 0. The molecule has 3 aromatic rings. The lowest BCUT2D eigenvalue weighted by atomic mass is 10.2. The molecule has 0 aliphatic heterocycles. The Bertz CT molecular complexity index is 901. The molecule has 1 amide bonds. The molecule has 1 heterocycles. The normalized spacial score (nSPS) is 10.9. The molecule has 0 aliphatic rings. The van der Waals surface area contributed by atoms with E-state index in [-0.39, 0.29) is 11.4 Å². The van der Waals surface area contributed by atoms with Crippen molar-refractivity contribution in [2.45, 2.75) is 0 Å². The van der Waals surface area contributed by atoms with Crippen molar-refractivity contribution in [3.05, 3.63) is 76.3 Å². The molecule has 1 aromatic heterocycles.